The van der Waals surface area contributed by atoms with Crippen molar-refractivity contribution in [1.82, 2.24) is 10.6 Å². The van der Waals surface area contributed by atoms with E-state index >= 15 is 0 Å². The summed E-state index contributed by atoms with van der Waals surface area (Å²) in [6, 6.07) is 16.4. The molecule has 2 atom stereocenters. The van der Waals surface area contributed by atoms with Crippen molar-refractivity contribution in [2.45, 2.75) is 32.4 Å². The first kappa shape index (κ1) is 18.1. The predicted molar refractivity (Wildman–Crippen MR) is 105 cm³/mol. The van der Waals surface area contributed by atoms with E-state index in [-0.39, 0.29) is 12.1 Å². The minimum atomic E-state index is 0.0261. The molecule has 26 heavy (non-hydrogen) atoms. The van der Waals surface area contributed by atoms with Gasteiger partial charge in [0.2, 0.25) is 0 Å². The molecular formula is C21H27N3O2. The van der Waals surface area contributed by atoms with E-state index in [1.165, 1.54) is 11.1 Å². The molecule has 0 aliphatic carbocycles. The van der Waals surface area contributed by atoms with Gasteiger partial charge in [0.15, 0.2) is 5.96 Å². The van der Waals surface area contributed by atoms with Crippen LogP contribution in [0.25, 0.3) is 0 Å². The summed E-state index contributed by atoms with van der Waals surface area (Å²) in [4.78, 5) is 4.34. The third kappa shape index (κ3) is 4.69. The van der Waals surface area contributed by atoms with Gasteiger partial charge in [-0.1, -0.05) is 35.9 Å². The highest BCUT2D eigenvalue weighted by molar-refractivity contribution is 5.80. The van der Waals surface area contributed by atoms with E-state index in [1.54, 1.807) is 7.05 Å². The molecule has 1 aliphatic heterocycles. The van der Waals surface area contributed by atoms with Crippen LogP contribution in [0.3, 0.4) is 0 Å². The van der Waals surface area contributed by atoms with E-state index < -0.39 is 0 Å². The van der Waals surface area contributed by atoms with Crippen molar-refractivity contribution in [3.63, 3.8) is 0 Å². The molecule has 0 fully saturated rings. The summed E-state index contributed by atoms with van der Waals surface area (Å²) in [5.74, 6) is 2.60. The van der Waals surface area contributed by atoms with Gasteiger partial charge < -0.3 is 20.1 Å². The van der Waals surface area contributed by atoms with Crippen molar-refractivity contribution in [1.29, 1.82) is 0 Å². The van der Waals surface area contributed by atoms with Crippen LogP contribution in [0.4, 0.5) is 0 Å². The molecule has 2 aromatic rings. The topological polar surface area (TPSA) is 54.9 Å². The molecule has 0 spiro atoms. The van der Waals surface area contributed by atoms with Crippen LogP contribution in [-0.4, -0.2) is 32.3 Å². The van der Waals surface area contributed by atoms with Crippen molar-refractivity contribution >= 4 is 5.96 Å². The first-order valence-electron chi connectivity index (χ1n) is 9.08. The number of nitrogens with zero attached hydrogens (tertiary/aromatic N) is 1. The minimum absolute atomic E-state index is 0.0261. The molecule has 0 radical (unpaired) electrons. The molecule has 5 nitrogen and oxygen atoms in total. The number of rotatable bonds is 5. The summed E-state index contributed by atoms with van der Waals surface area (Å²) in [5.41, 5.74) is 2.40. The minimum Gasteiger partial charge on any atom is -0.493 e. The Labute approximate surface area is 155 Å². The SMILES string of the molecule is CN=C(NCC(C)Oc1ccc(C)cc1)NC1CCOc2ccccc21. The highest BCUT2D eigenvalue weighted by Crippen LogP contribution is 2.31. The molecule has 0 saturated carbocycles. The van der Waals surface area contributed by atoms with E-state index in [0.717, 1.165) is 23.9 Å². The lowest BCUT2D eigenvalue weighted by Crippen LogP contribution is -2.44. The zero-order valence-corrected chi connectivity index (χ0v) is 15.7. The Balaban J connectivity index is 1.53. The Morgan fingerprint density at radius 3 is 2.77 bits per heavy atom. The average molecular weight is 353 g/mol. The summed E-state index contributed by atoms with van der Waals surface area (Å²) in [6.07, 6.45) is 0.936. The van der Waals surface area contributed by atoms with Crippen molar-refractivity contribution in [2.75, 3.05) is 20.2 Å². The van der Waals surface area contributed by atoms with Crippen LogP contribution in [0, 0.1) is 6.92 Å². The molecule has 2 aromatic carbocycles. The van der Waals surface area contributed by atoms with Gasteiger partial charge in [-0.25, -0.2) is 0 Å². The molecule has 0 aromatic heterocycles. The normalized spacial score (nSPS) is 17.7. The van der Waals surface area contributed by atoms with E-state index in [1.807, 2.05) is 37.3 Å². The number of hydrogen-bond donors (Lipinski definition) is 2. The first-order chi connectivity index (χ1) is 12.7. The van der Waals surface area contributed by atoms with Crippen molar-refractivity contribution < 1.29 is 9.47 Å². The van der Waals surface area contributed by atoms with E-state index in [9.17, 15) is 0 Å². The van der Waals surface area contributed by atoms with Crippen LogP contribution in [0.15, 0.2) is 53.5 Å². The van der Waals surface area contributed by atoms with Crippen LogP contribution in [0.5, 0.6) is 11.5 Å². The van der Waals surface area contributed by atoms with Crippen LogP contribution in [0.2, 0.25) is 0 Å². The van der Waals surface area contributed by atoms with Gasteiger partial charge in [-0.05, 0) is 32.0 Å². The fourth-order valence-corrected chi connectivity index (χ4v) is 2.98. The number of hydrogen-bond acceptors (Lipinski definition) is 3. The van der Waals surface area contributed by atoms with Gasteiger partial charge in [-0.15, -0.1) is 0 Å². The van der Waals surface area contributed by atoms with Crippen LogP contribution >= 0.6 is 0 Å². The fraction of sp³-hybridized carbons (Fsp3) is 0.381. The molecule has 138 valence electrons. The predicted octanol–water partition coefficient (Wildman–Crippen LogP) is 3.45. The van der Waals surface area contributed by atoms with E-state index in [2.05, 4.69) is 40.7 Å². The monoisotopic (exact) mass is 353 g/mol. The van der Waals surface area contributed by atoms with Crippen molar-refractivity contribution in [3.8, 4) is 11.5 Å². The molecule has 0 amide bonds. The number of benzene rings is 2. The molecule has 5 heteroatoms. The second kappa shape index (κ2) is 8.61. The second-order valence-electron chi connectivity index (χ2n) is 6.57. The molecule has 2 unspecified atom stereocenters. The molecular weight excluding hydrogens is 326 g/mol. The molecule has 0 saturated heterocycles. The van der Waals surface area contributed by atoms with E-state index in [4.69, 9.17) is 9.47 Å². The molecule has 3 rings (SSSR count). The highest BCUT2D eigenvalue weighted by atomic mass is 16.5. The van der Waals surface area contributed by atoms with Crippen molar-refractivity contribution in [3.05, 3.63) is 59.7 Å². The number of aliphatic imine (C=N–C) groups is 1. The lowest BCUT2D eigenvalue weighted by atomic mass is 10.0. The Morgan fingerprint density at radius 1 is 1.23 bits per heavy atom. The Morgan fingerprint density at radius 2 is 2.00 bits per heavy atom. The first-order valence-corrected chi connectivity index (χ1v) is 9.08. The second-order valence-corrected chi connectivity index (χ2v) is 6.57. The van der Waals surface area contributed by atoms with Crippen LogP contribution in [-0.2, 0) is 0 Å². The lowest BCUT2D eigenvalue weighted by Gasteiger charge is -2.28. The maximum atomic E-state index is 5.95. The summed E-state index contributed by atoms with van der Waals surface area (Å²) < 4.78 is 11.7. The summed E-state index contributed by atoms with van der Waals surface area (Å²) >= 11 is 0. The van der Waals surface area contributed by atoms with Crippen LogP contribution < -0.4 is 20.1 Å². The molecule has 1 aliphatic rings. The Kier molecular flexibility index (Phi) is 6.00. The number of fused-ring (bicyclic) bond motifs is 1. The Bertz CT molecular complexity index is 743. The van der Waals surface area contributed by atoms with Gasteiger partial charge in [-0.2, -0.15) is 0 Å². The standard InChI is InChI=1S/C21H27N3O2/c1-15-8-10-17(11-9-15)26-16(2)14-23-21(22-3)24-19-12-13-25-20-7-5-4-6-18(19)20/h4-11,16,19H,12-14H2,1-3H3,(H2,22,23,24). The molecule has 1 heterocycles. The zero-order chi connectivity index (χ0) is 18.4. The van der Waals surface area contributed by atoms with Gasteiger partial charge in [0, 0.05) is 19.0 Å². The zero-order valence-electron chi connectivity index (χ0n) is 15.7. The molecule has 2 N–H and O–H groups in total. The third-order valence-corrected chi connectivity index (χ3v) is 4.41. The summed E-state index contributed by atoms with van der Waals surface area (Å²) in [7, 11) is 1.78. The average Bonchev–Trinajstić information content (AvgIpc) is 2.67. The molecule has 0 bridgehead atoms. The largest absolute Gasteiger partial charge is 0.493 e. The third-order valence-electron chi connectivity index (χ3n) is 4.41. The fourth-order valence-electron chi connectivity index (χ4n) is 2.98. The highest BCUT2D eigenvalue weighted by Gasteiger charge is 2.21. The van der Waals surface area contributed by atoms with Gasteiger partial charge in [0.25, 0.3) is 0 Å². The maximum absolute atomic E-state index is 5.95. The van der Waals surface area contributed by atoms with Crippen molar-refractivity contribution in [2.24, 2.45) is 4.99 Å². The Hall–Kier alpha value is -2.69. The van der Waals surface area contributed by atoms with Gasteiger partial charge in [0.05, 0.1) is 19.2 Å². The summed E-state index contributed by atoms with van der Waals surface area (Å²) in [6.45, 7) is 5.49. The maximum Gasteiger partial charge on any atom is 0.191 e. The number of para-hydroxylation sites is 1. The quantitative estimate of drug-likeness (QED) is 0.639. The smallest absolute Gasteiger partial charge is 0.191 e. The summed E-state index contributed by atoms with van der Waals surface area (Å²) in [5, 5.41) is 6.84. The van der Waals surface area contributed by atoms with E-state index in [0.29, 0.717) is 13.2 Å². The van der Waals surface area contributed by atoms with Gasteiger partial charge >= 0.3 is 0 Å². The van der Waals surface area contributed by atoms with Crippen LogP contribution in [0.1, 0.15) is 30.5 Å². The number of ether oxygens (including phenoxy) is 2. The lowest BCUT2D eigenvalue weighted by molar-refractivity contribution is 0.223. The number of aryl methyl sites for hydroxylation is 1. The number of nitrogens with one attached hydrogen (secondary N) is 2. The number of guanidine groups is 1. The van der Waals surface area contributed by atoms with Gasteiger partial charge in [-0.3, -0.25) is 4.99 Å². The van der Waals surface area contributed by atoms with Gasteiger partial charge in [0.1, 0.15) is 17.6 Å².